The second-order valence-corrected chi connectivity index (χ2v) is 3.94. The zero-order valence-corrected chi connectivity index (χ0v) is 10.2. The number of nitrogen functional groups attached to an aromatic ring is 1. The van der Waals surface area contributed by atoms with Crippen LogP contribution in [-0.2, 0) is 9.47 Å². The van der Waals surface area contributed by atoms with Crippen molar-refractivity contribution in [3.63, 3.8) is 0 Å². The Morgan fingerprint density at radius 2 is 2.42 bits per heavy atom. The van der Waals surface area contributed by atoms with Gasteiger partial charge in [0.2, 0.25) is 0 Å². The van der Waals surface area contributed by atoms with E-state index in [1.54, 1.807) is 0 Å². The van der Waals surface area contributed by atoms with Gasteiger partial charge in [0.25, 0.3) is 5.91 Å². The predicted octanol–water partition coefficient (Wildman–Crippen LogP) is -0.349. The summed E-state index contributed by atoms with van der Waals surface area (Å²) in [4.78, 5) is 15.5. The third-order valence-electron chi connectivity index (χ3n) is 2.65. The number of halogens is 1. The van der Waals surface area contributed by atoms with E-state index in [1.165, 1.54) is 12.3 Å². The molecule has 19 heavy (non-hydrogen) atoms. The maximum atomic E-state index is 13.8. The SMILES string of the molecule is NNc1nccc(C(=O)NCC2COCCO2)c1F. The highest BCUT2D eigenvalue weighted by atomic mass is 19.1. The Labute approximate surface area is 109 Å². The normalized spacial score (nSPS) is 18.9. The molecule has 0 aromatic carbocycles. The summed E-state index contributed by atoms with van der Waals surface area (Å²) in [6.07, 6.45) is 1.09. The van der Waals surface area contributed by atoms with Crippen molar-refractivity contribution in [2.45, 2.75) is 6.10 Å². The van der Waals surface area contributed by atoms with E-state index in [0.717, 1.165) is 0 Å². The second kappa shape index (κ2) is 6.41. The summed E-state index contributed by atoms with van der Waals surface area (Å²) in [6.45, 7) is 1.71. The van der Waals surface area contributed by atoms with Crippen molar-refractivity contribution in [2.75, 3.05) is 31.8 Å². The summed E-state index contributed by atoms with van der Waals surface area (Å²) in [5.74, 6) is 3.57. The van der Waals surface area contributed by atoms with Gasteiger partial charge in [0.15, 0.2) is 11.6 Å². The number of anilines is 1. The molecule has 0 saturated carbocycles. The van der Waals surface area contributed by atoms with Crippen molar-refractivity contribution in [1.82, 2.24) is 10.3 Å². The van der Waals surface area contributed by atoms with E-state index in [9.17, 15) is 9.18 Å². The van der Waals surface area contributed by atoms with Crippen molar-refractivity contribution in [2.24, 2.45) is 5.84 Å². The van der Waals surface area contributed by atoms with Gasteiger partial charge in [0.1, 0.15) is 0 Å². The fraction of sp³-hybridized carbons (Fsp3) is 0.455. The lowest BCUT2D eigenvalue weighted by atomic mass is 10.2. The molecule has 104 valence electrons. The monoisotopic (exact) mass is 270 g/mol. The number of nitrogens with one attached hydrogen (secondary N) is 2. The van der Waals surface area contributed by atoms with Gasteiger partial charge in [0.05, 0.1) is 31.5 Å². The number of nitrogens with zero attached hydrogens (tertiary/aromatic N) is 1. The van der Waals surface area contributed by atoms with Gasteiger partial charge in [-0.15, -0.1) is 0 Å². The molecule has 0 bridgehead atoms. The van der Waals surface area contributed by atoms with E-state index in [-0.39, 0.29) is 24.0 Å². The van der Waals surface area contributed by atoms with Crippen LogP contribution in [-0.4, -0.2) is 43.4 Å². The number of hydrogen-bond donors (Lipinski definition) is 3. The lowest BCUT2D eigenvalue weighted by Gasteiger charge is -2.23. The molecule has 1 saturated heterocycles. The molecule has 0 spiro atoms. The molecular weight excluding hydrogens is 255 g/mol. The number of nitrogens with two attached hydrogens (primary N) is 1. The van der Waals surface area contributed by atoms with Crippen molar-refractivity contribution < 1.29 is 18.7 Å². The highest BCUT2D eigenvalue weighted by Crippen LogP contribution is 2.13. The van der Waals surface area contributed by atoms with Gasteiger partial charge >= 0.3 is 0 Å². The smallest absolute Gasteiger partial charge is 0.254 e. The van der Waals surface area contributed by atoms with E-state index in [1.807, 2.05) is 0 Å². The molecule has 1 aromatic rings. The van der Waals surface area contributed by atoms with Gasteiger partial charge in [-0.25, -0.2) is 15.2 Å². The molecule has 0 aliphatic carbocycles. The van der Waals surface area contributed by atoms with Gasteiger partial charge in [-0.05, 0) is 6.07 Å². The molecule has 1 amide bonds. The average Bonchev–Trinajstić information content (AvgIpc) is 2.46. The zero-order valence-electron chi connectivity index (χ0n) is 10.2. The maximum absolute atomic E-state index is 13.8. The van der Waals surface area contributed by atoms with Gasteiger partial charge in [0, 0.05) is 12.7 Å². The lowest BCUT2D eigenvalue weighted by molar-refractivity contribution is -0.0855. The topological polar surface area (TPSA) is 98.5 Å². The van der Waals surface area contributed by atoms with E-state index in [2.05, 4.69) is 15.7 Å². The number of carbonyl (C=O) groups excluding carboxylic acids is 1. The summed E-state index contributed by atoms with van der Waals surface area (Å²) < 4.78 is 24.3. The number of pyridine rings is 1. The summed E-state index contributed by atoms with van der Waals surface area (Å²) in [6, 6.07) is 1.28. The summed E-state index contributed by atoms with van der Waals surface area (Å²) in [5.41, 5.74) is 1.96. The molecule has 2 rings (SSSR count). The van der Waals surface area contributed by atoms with Gasteiger partial charge < -0.3 is 20.2 Å². The average molecular weight is 270 g/mol. The Morgan fingerprint density at radius 3 is 3.11 bits per heavy atom. The molecule has 1 aliphatic rings. The summed E-state index contributed by atoms with van der Waals surface area (Å²) >= 11 is 0. The van der Waals surface area contributed by atoms with Crippen LogP contribution in [0, 0.1) is 5.82 Å². The zero-order chi connectivity index (χ0) is 13.7. The van der Waals surface area contributed by atoms with Crippen LogP contribution >= 0.6 is 0 Å². The van der Waals surface area contributed by atoms with Crippen LogP contribution in [0.5, 0.6) is 0 Å². The second-order valence-electron chi connectivity index (χ2n) is 3.94. The third-order valence-corrected chi connectivity index (χ3v) is 2.65. The minimum atomic E-state index is -0.789. The van der Waals surface area contributed by atoms with E-state index < -0.39 is 11.7 Å². The molecule has 8 heteroatoms. The molecular formula is C11H15FN4O3. The maximum Gasteiger partial charge on any atom is 0.254 e. The van der Waals surface area contributed by atoms with E-state index >= 15 is 0 Å². The Bertz CT molecular complexity index is 452. The molecule has 1 aromatic heterocycles. The summed E-state index contributed by atoms with van der Waals surface area (Å²) in [5, 5.41) is 2.58. The van der Waals surface area contributed by atoms with Crippen LogP contribution in [0.15, 0.2) is 12.3 Å². The predicted molar refractivity (Wildman–Crippen MR) is 64.9 cm³/mol. The first-order valence-corrected chi connectivity index (χ1v) is 5.81. The van der Waals surface area contributed by atoms with Crippen LogP contribution in [0.4, 0.5) is 10.2 Å². The van der Waals surface area contributed by atoms with Crippen molar-refractivity contribution in [1.29, 1.82) is 0 Å². The first kappa shape index (κ1) is 13.7. The van der Waals surface area contributed by atoms with Crippen molar-refractivity contribution >= 4 is 11.7 Å². The van der Waals surface area contributed by atoms with Crippen LogP contribution < -0.4 is 16.6 Å². The molecule has 1 aliphatic heterocycles. The number of aromatic nitrogens is 1. The number of rotatable bonds is 4. The van der Waals surface area contributed by atoms with E-state index in [4.69, 9.17) is 15.3 Å². The minimum absolute atomic E-state index is 0.125. The van der Waals surface area contributed by atoms with Gasteiger partial charge in [-0.3, -0.25) is 4.79 Å². The molecule has 1 atom stereocenters. The number of hydrogen-bond acceptors (Lipinski definition) is 6. The fourth-order valence-electron chi connectivity index (χ4n) is 1.68. The number of ether oxygens (including phenoxy) is 2. The highest BCUT2D eigenvalue weighted by molar-refractivity contribution is 5.95. The largest absolute Gasteiger partial charge is 0.376 e. The quantitative estimate of drug-likeness (QED) is 0.511. The van der Waals surface area contributed by atoms with Crippen LogP contribution in [0.1, 0.15) is 10.4 Å². The fourth-order valence-corrected chi connectivity index (χ4v) is 1.68. The van der Waals surface area contributed by atoms with Gasteiger partial charge in [-0.1, -0.05) is 0 Å². The first-order chi connectivity index (χ1) is 9.22. The number of carbonyl (C=O) groups is 1. The number of amides is 1. The Morgan fingerprint density at radius 1 is 1.58 bits per heavy atom. The van der Waals surface area contributed by atoms with Crippen LogP contribution in [0.25, 0.3) is 0 Å². The standard InChI is InChI=1S/C11H15FN4O3/c12-9-8(1-2-14-10(9)16-13)11(17)15-5-7-6-18-3-4-19-7/h1-2,7H,3-6,13H2,(H,14,16)(H,15,17). The minimum Gasteiger partial charge on any atom is -0.376 e. The summed E-state index contributed by atoms with van der Waals surface area (Å²) in [7, 11) is 0. The van der Waals surface area contributed by atoms with Crippen molar-refractivity contribution in [3.05, 3.63) is 23.6 Å². The molecule has 7 nitrogen and oxygen atoms in total. The Balaban J connectivity index is 1.95. The van der Waals surface area contributed by atoms with Crippen molar-refractivity contribution in [3.8, 4) is 0 Å². The van der Waals surface area contributed by atoms with Crippen LogP contribution in [0.2, 0.25) is 0 Å². The molecule has 0 radical (unpaired) electrons. The van der Waals surface area contributed by atoms with E-state index in [0.29, 0.717) is 19.8 Å². The van der Waals surface area contributed by atoms with Crippen LogP contribution in [0.3, 0.4) is 0 Å². The molecule has 2 heterocycles. The third kappa shape index (κ3) is 3.37. The molecule has 4 N–H and O–H groups in total. The lowest BCUT2D eigenvalue weighted by Crippen LogP contribution is -2.40. The highest BCUT2D eigenvalue weighted by Gasteiger charge is 2.19. The van der Waals surface area contributed by atoms with Gasteiger partial charge in [-0.2, -0.15) is 0 Å². The Kier molecular flexibility index (Phi) is 4.61. The first-order valence-electron chi connectivity index (χ1n) is 5.81. The Hall–Kier alpha value is -1.77. The molecule has 1 fully saturated rings. The molecule has 1 unspecified atom stereocenters. The number of hydrazine groups is 1.